The van der Waals surface area contributed by atoms with E-state index in [4.69, 9.17) is 16.3 Å². The van der Waals surface area contributed by atoms with Crippen LogP contribution >= 0.6 is 11.6 Å². The summed E-state index contributed by atoms with van der Waals surface area (Å²) in [5, 5.41) is 4.12. The van der Waals surface area contributed by atoms with Gasteiger partial charge in [0.05, 0.1) is 0 Å². The summed E-state index contributed by atoms with van der Waals surface area (Å²) in [6.07, 6.45) is 4.25. The molecule has 1 fully saturated rings. The second-order valence-electron chi connectivity index (χ2n) is 6.31. The second kappa shape index (κ2) is 6.90. The number of aryl methyl sites for hydroxylation is 3. The molecule has 0 unspecified atom stereocenters. The van der Waals surface area contributed by atoms with Crippen molar-refractivity contribution in [3.05, 3.63) is 46.2 Å². The molecule has 1 N–H and O–H groups in total. The van der Waals surface area contributed by atoms with Crippen molar-refractivity contribution < 1.29 is 4.74 Å². The van der Waals surface area contributed by atoms with E-state index in [2.05, 4.69) is 30.2 Å². The van der Waals surface area contributed by atoms with Gasteiger partial charge in [-0.3, -0.25) is 4.98 Å². The maximum atomic E-state index is 6.40. The molecule has 3 nitrogen and oxygen atoms in total. The molecule has 0 atom stereocenters. The minimum atomic E-state index is 0.262. The van der Waals surface area contributed by atoms with E-state index in [9.17, 15) is 0 Å². The highest BCUT2D eigenvalue weighted by Crippen LogP contribution is 2.38. The molecule has 2 heterocycles. The summed E-state index contributed by atoms with van der Waals surface area (Å²) in [7, 11) is 0. The fraction of sp³-hybridized carbons (Fsp3) is 0.421. The standard InChI is InChI=1S/C19H23ClN2O/c1-12-8-15(20)10-18(17-9-14(3)22-11-13(17)2)19(12)23-16-4-6-21-7-5-16/h8-11,16,21H,4-7H2,1-3H3. The van der Waals surface area contributed by atoms with Crippen molar-refractivity contribution in [1.82, 2.24) is 10.3 Å². The third kappa shape index (κ3) is 3.67. The first-order valence-corrected chi connectivity index (χ1v) is 8.53. The Labute approximate surface area is 143 Å². The molecule has 23 heavy (non-hydrogen) atoms. The number of aromatic nitrogens is 1. The normalized spacial score (nSPS) is 15.7. The number of benzene rings is 1. The summed E-state index contributed by atoms with van der Waals surface area (Å²) >= 11 is 6.33. The van der Waals surface area contributed by atoms with Gasteiger partial charge in [0.25, 0.3) is 0 Å². The van der Waals surface area contributed by atoms with Crippen molar-refractivity contribution in [2.24, 2.45) is 0 Å². The van der Waals surface area contributed by atoms with E-state index in [0.29, 0.717) is 0 Å². The van der Waals surface area contributed by atoms with Crippen LogP contribution in [0.5, 0.6) is 5.75 Å². The molecule has 3 rings (SSSR count). The van der Waals surface area contributed by atoms with Crippen LogP contribution in [-0.4, -0.2) is 24.2 Å². The summed E-state index contributed by atoms with van der Waals surface area (Å²) in [6.45, 7) is 8.18. The van der Waals surface area contributed by atoms with Crippen molar-refractivity contribution in [2.75, 3.05) is 13.1 Å². The van der Waals surface area contributed by atoms with Crippen LogP contribution < -0.4 is 10.1 Å². The van der Waals surface area contributed by atoms with Gasteiger partial charge in [-0.2, -0.15) is 0 Å². The van der Waals surface area contributed by atoms with Crippen LogP contribution in [0, 0.1) is 20.8 Å². The molecule has 0 spiro atoms. The Morgan fingerprint density at radius 3 is 2.52 bits per heavy atom. The predicted octanol–water partition coefficient (Wildman–Crippen LogP) is 4.46. The van der Waals surface area contributed by atoms with Crippen molar-refractivity contribution in [1.29, 1.82) is 0 Å². The summed E-state index contributed by atoms with van der Waals surface area (Å²) in [5.41, 5.74) is 5.42. The average molecular weight is 331 g/mol. The van der Waals surface area contributed by atoms with Crippen LogP contribution in [-0.2, 0) is 0 Å². The number of piperidine rings is 1. The van der Waals surface area contributed by atoms with Crippen molar-refractivity contribution in [3.63, 3.8) is 0 Å². The minimum Gasteiger partial charge on any atom is -0.489 e. The summed E-state index contributed by atoms with van der Waals surface area (Å²) in [5.74, 6) is 0.954. The lowest BCUT2D eigenvalue weighted by molar-refractivity contribution is 0.162. The van der Waals surface area contributed by atoms with Gasteiger partial charge in [0.15, 0.2) is 0 Å². The van der Waals surface area contributed by atoms with Crippen molar-refractivity contribution in [3.8, 4) is 16.9 Å². The molecule has 0 bridgehead atoms. The quantitative estimate of drug-likeness (QED) is 0.902. The molecule has 122 valence electrons. The second-order valence-corrected chi connectivity index (χ2v) is 6.74. The molecule has 2 aromatic rings. The van der Waals surface area contributed by atoms with Gasteiger partial charge in [-0.05, 0) is 81.6 Å². The highest BCUT2D eigenvalue weighted by Gasteiger charge is 2.19. The Morgan fingerprint density at radius 2 is 1.78 bits per heavy atom. The van der Waals surface area contributed by atoms with E-state index in [1.54, 1.807) is 0 Å². The van der Waals surface area contributed by atoms with Crippen molar-refractivity contribution >= 4 is 11.6 Å². The van der Waals surface area contributed by atoms with E-state index in [1.165, 1.54) is 0 Å². The number of pyridine rings is 1. The largest absolute Gasteiger partial charge is 0.489 e. The zero-order chi connectivity index (χ0) is 16.4. The van der Waals surface area contributed by atoms with Gasteiger partial charge < -0.3 is 10.1 Å². The first-order valence-electron chi connectivity index (χ1n) is 8.15. The molecule has 1 aliphatic rings. The number of rotatable bonds is 3. The van der Waals surface area contributed by atoms with E-state index >= 15 is 0 Å². The monoisotopic (exact) mass is 330 g/mol. The Kier molecular flexibility index (Phi) is 4.88. The summed E-state index contributed by atoms with van der Waals surface area (Å²) in [4.78, 5) is 4.37. The Morgan fingerprint density at radius 1 is 1.04 bits per heavy atom. The van der Waals surface area contributed by atoms with Crippen LogP contribution in [0.3, 0.4) is 0 Å². The van der Waals surface area contributed by atoms with Gasteiger partial charge in [-0.1, -0.05) is 11.6 Å². The van der Waals surface area contributed by atoms with Gasteiger partial charge in [-0.25, -0.2) is 0 Å². The van der Waals surface area contributed by atoms with Gasteiger partial charge >= 0.3 is 0 Å². The highest BCUT2D eigenvalue weighted by atomic mass is 35.5. The summed E-state index contributed by atoms with van der Waals surface area (Å²) in [6, 6.07) is 6.09. The highest BCUT2D eigenvalue weighted by molar-refractivity contribution is 6.31. The van der Waals surface area contributed by atoms with E-state index in [-0.39, 0.29) is 6.10 Å². The van der Waals surface area contributed by atoms with Crippen LogP contribution in [0.2, 0.25) is 5.02 Å². The first kappa shape index (κ1) is 16.3. The van der Waals surface area contributed by atoms with Gasteiger partial charge in [0.2, 0.25) is 0 Å². The molecule has 4 heteroatoms. The van der Waals surface area contributed by atoms with Crippen LogP contribution in [0.15, 0.2) is 24.4 Å². The molecule has 1 aromatic carbocycles. The number of nitrogens with zero attached hydrogens (tertiary/aromatic N) is 1. The van der Waals surface area contributed by atoms with Gasteiger partial charge in [-0.15, -0.1) is 0 Å². The lowest BCUT2D eigenvalue weighted by atomic mass is 9.98. The lowest BCUT2D eigenvalue weighted by Crippen LogP contribution is -2.34. The van der Waals surface area contributed by atoms with E-state index in [0.717, 1.165) is 64.7 Å². The minimum absolute atomic E-state index is 0.262. The molecule has 0 saturated carbocycles. The molecular weight excluding hydrogens is 308 g/mol. The van der Waals surface area contributed by atoms with Crippen molar-refractivity contribution in [2.45, 2.75) is 39.7 Å². The van der Waals surface area contributed by atoms with Crippen LogP contribution in [0.1, 0.15) is 29.7 Å². The number of ether oxygens (including phenoxy) is 1. The van der Waals surface area contributed by atoms with E-state index < -0.39 is 0 Å². The number of halogens is 1. The Bertz CT molecular complexity index is 709. The zero-order valence-electron chi connectivity index (χ0n) is 13.9. The number of hydrogen-bond acceptors (Lipinski definition) is 3. The maximum absolute atomic E-state index is 6.40. The van der Waals surface area contributed by atoms with E-state index in [1.807, 2.05) is 25.3 Å². The third-order valence-electron chi connectivity index (χ3n) is 4.34. The van der Waals surface area contributed by atoms with Gasteiger partial charge in [0, 0.05) is 22.5 Å². The van der Waals surface area contributed by atoms with Gasteiger partial charge in [0.1, 0.15) is 11.9 Å². The molecule has 0 radical (unpaired) electrons. The Balaban J connectivity index is 2.05. The number of hydrogen-bond donors (Lipinski definition) is 1. The van der Waals surface area contributed by atoms with Crippen LogP contribution in [0.25, 0.3) is 11.1 Å². The van der Waals surface area contributed by atoms with Crippen LogP contribution in [0.4, 0.5) is 0 Å². The SMILES string of the molecule is Cc1cc(-c2cc(Cl)cc(C)c2OC2CCNCC2)c(C)cn1. The fourth-order valence-corrected chi connectivity index (χ4v) is 3.36. The third-order valence-corrected chi connectivity index (χ3v) is 4.56. The molecular formula is C19H23ClN2O. The molecule has 0 amide bonds. The molecule has 1 aliphatic heterocycles. The molecule has 1 saturated heterocycles. The number of nitrogens with one attached hydrogen (secondary N) is 1. The topological polar surface area (TPSA) is 34.1 Å². The maximum Gasteiger partial charge on any atom is 0.130 e. The lowest BCUT2D eigenvalue weighted by Gasteiger charge is -2.26. The predicted molar refractivity (Wildman–Crippen MR) is 95.4 cm³/mol. The Hall–Kier alpha value is -1.58. The fourth-order valence-electron chi connectivity index (χ4n) is 3.08. The zero-order valence-corrected chi connectivity index (χ0v) is 14.7. The first-order chi connectivity index (χ1) is 11.0. The molecule has 1 aromatic heterocycles. The smallest absolute Gasteiger partial charge is 0.130 e. The molecule has 0 aliphatic carbocycles. The average Bonchev–Trinajstić information content (AvgIpc) is 2.53. The summed E-state index contributed by atoms with van der Waals surface area (Å²) < 4.78 is 6.40.